The van der Waals surface area contributed by atoms with Gasteiger partial charge < -0.3 is 10.2 Å². The molecule has 0 aliphatic heterocycles. The van der Waals surface area contributed by atoms with Gasteiger partial charge in [0.25, 0.3) is 0 Å². The molecule has 0 unspecified atom stereocenters. The van der Waals surface area contributed by atoms with Crippen LogP contribution in [0.25, 0.3) is 0 Å². The average Bonchev–Trinajstić information content (AvgIpc) is 2.32. The summed E-state index contributed by atoms with van der Waals surface area (Å²) in [5.74, 6) is 1.51. The molecule has 0 aliphatic carbocycles. The number of nitrogens with one attached hydrogen (secondary N) is 1. The van der Waals surface area contributed by atoms with E-state index in [0.29, 0.717) is 18.9 Å². The van der Waals surface area contributed by atoms with Crippen LogP contribution in [0.15, 0.2) is 6.20 Å². The Morgan fingerprint density at radius 3 is 2.88 bits per heavy atom. The summed E-state index contributed by atoms with van der Waals surface area (Å²) in [5, 5.41) is 11.5. The summed E-state index contributed by atoms with van der Waals surface area (Å²) in [6.45, 7) is 5.57. The highest BCUT2D eigenvalue weighted by molar-refractivity contribution is 5.48. The molecule has 5 nitrogen and oxygen atoms in total. The molecular weight excluding hydrogens is 202 g/mol. The Bertz CT molecular complexity index is 382. The van der Waals surface area contributed by atoms with Crippen LogP contribution in [0.1, 0.15) is 18.9 Å². The second kappa shape index (κ2) is 5.91. The number of anilines is 2. The molecule has 0 aromatic carbocycles. The SMILES string of the molecule is CCN(CCC#N)c1nc(NC)ncc1C. The lowest BCUT2D eigenvalue weighted by Gasteiger charge is -2.22. The van der Waals surface area contributed by atoms with Gasteiger partial charge in [-0.05, 0) is 13.8 Å². The zero-order valence-electron chi connectivity index (χ0n) is 9.99. The van der Waals surface area contributed by atoms with Gasteiger partial charge in [-0.3, -0.25) is 0 Å². The molecule has 0 atom stereocenters. The first kappa shape index (κ1) is 12.2. The van der Waals surface area contributed by atoms with E-state index < -0.39 is 0 Å². The molecule has 0 fully saturated rings. The van der Waals surface area contributed by atoms with Crippen molar-refractivity contribution in [2.24, 2.45) is 0 Å². The minimum atomic E-state index is 0.506. The quantitative estimate of drug-likeness (QED) is 0.814. The van der Waals surface area contributed by atoms with Gasteiger partial charge >= 0.3 is 0 Å². The summed E-state index contributed by atoms with van der Waals surface area (Å²) in [5.41, 5.74) is 1.03. The summed E-state index contributed by atoms with van der Waals surface area (Å²) in [7, 11) is 1.79. The second-order valence-corrected chi connectivity index (χ2v) is 3.44. The molecule has 1 aromatic heterocycles. The van der Waals surface area contributed by atoms with E-state index in [4.69, 9.17) is 5.26 Å². The van der Waals surface area contributed by atoms with Crippen LogP contribution in [0.4, 0.5) is 11.8 Å². The van der Waals surface area contributed by atoms with Gasteiger partial charge in [-0.2, -0.15) is 10.2 Å². The van der Waals surface area contributed by atoms with Crippen molar-refractivity contribution in [2.75, 3.05) is 30.4 Å². The summed E-state index contributed by atoms with van der Waals surface area (Å²) in [4.78, 5) is 10.6. The zero-order chi connectivity index (χ0) is 12.0. The lowest BCUT2D eigenvalue weighted by molar-refractivity contribution is 0.803. The first-order valence-corrected chi connectivity index (χ1v) is 5.36. The molecule has 1 rings (SSSR count). The van der Waals surface area contributed by atoms with Crippen LogP contribution >= 0.6 is 0 Å². The van der Waals surface area contributed by atoms with Crippen LogP contribution in [-0.4, -0.2) is 30.1 Å². The van der Waals surface area contributed by atoms with Crippen molar-refractivity contribution in [2.45, 2.75) is 20.3 Å². The van der Waals surface area contributed by atoms with E-state index in [1.54, 1.807) is 13.2 Å². The molecule has 1 N–H and O–H groups in total. The Morgan fingerprint density at radius 1 is 1.56 bits per heavy atom. The Balaban J connectivity index is 2.94. The van der Waals surface area contributed by atoms with E-state index >= 15 is 0 Å². The van der Waals surface area contributed by atoms with E-state index in [9.17, 15) is 0 Å². The zero-order valence-corrected chi connectivity index (χ0v) is 9.99. The molecule has 0 bridgehead atoms. The van der Waals surface area contributed by atoms with Gasteiger partial charge in [-0.15, -0.1) is 0 Å². The number of aromatic nitrogens is 2. The van der Waals surface area contributed by atoms with Crippen molar-refractivity contribution in [3.63, 3.8) is 0 Å². The molecule has 86 valence electrons. The fraction of sp³-hybridized carbons (Fsp3) is 0.545. The summed E-state index contributed by atoms with van der Waals surface area (Å²) in [6, 6.07) is 2.15. The van der Waals surface area contributed by atoms with E-state index in [1.165, 1.54) is 0 Å². The minimum Gasteiger partial charge on any atom is -0.357 e. The van der Waals surface area contributed by atoms with Crippen molar-refractivity contribution < 1.29 is 0 Å². The number of rotatable bonds is 5. The molecule has 0 saturated carbocycles. The molecule has 0 radical (unpaired) electrons. The second-order valence-electron chi connectivity index (χ2n) is 3.44. The molecule has 5 heteroatoms. The summed E-state index contributed by atoms with van der Waals surface area (Å²) in [6.07, 6.45) is 2.30. The highest BCUT2D eigenvalue weighted by atomic mass is 15.2. The van der Waals surface area contributed by atoms with Gasteiger partial charge in [0.05, 0.1) is 12.5 Å². The van der Waals surface area contributed by atoms with Crippen LogP contribution in [0.3, 0.4) is 0 Å². The van der Waals surface area contributed by atoms with Crippen molar-refractivity contribution >= 4 is 11.8 Å². The van der Waals surface area contributed by atoms with E-state index in [1.807, 2.05) is 6.92 Å². The number of hydrogen-bond acceptors (Lipinski definition) is 5. The Labute approximate surface area is 96.1 Å². The van der Waals surface area contributed by atoms with E-state index in [0.717, 1.165) is 17.9 Å². The third-order valence-electron chi connectivity index (χ3n) is 2.34. The van der Waals surface area contributed by atoms with Gasteiger partial charge in [0, 0.05) is 31.9 Å². The molecule has 0 amide bonds. The number of hydrogen-bond donors (Lipinski definition) is 1. The molecule has 0 spiro atoms. The highest BCUT2D eigenvalue weighted by Gasteiger charge is 2.10. The average molecular weight is 219 g/mol. The minimum absolute atomic E-state index is 0.506. The maximum Gasteiger partial charge on any atom is 0.224 e. The van der Waals surface area contributed by atoms with Gasteiger partial charge in [0.15, 0.2) is 0 Å². The third-order valence-corrected chi connectivity index (χ3v) is 2.34. The Kier molecular flexibility index (Phi) is 4.52. The first-order valence-electron chi connectivity index (χ1n) is 5.36. The molecule has 0 saturated heterocycles. The van der Waals surface area contributed by atoms with E-state index in [2.05, 4.69) is 33.2 Å². The van der Waals surface area contributed by atoms with Crippen LogP contribution in [0.5, 0.6) is 0 Å². The monoisotopic (exact) mass is 219 g/mol. The summed E-state index contributed by atoms with van der Waals surface area (Å²) < 4.78 is 0. The summed E-state index contributed by atoms with van der Waals surface area (Å²) >= 11 is 0. The lowest BCUT2D eigenvalue weighted by atomic mass is 10.3. The molecule has 1 aromatic rings. The Morgan fingerprint density at radius 2 is 2.31 bits per heavy atom. The van der Waals surface area contributed by atoms with Crippen LogP contribution in [-0.2, 0) is 0 Å². The normalized spacial score (nSPS) is 9.62. The first-order chi connectivity index (χ1) is 7.72. The van der Waals surface area contributed by atoms with E-state index in [-0.39, 0.29) is 0 Å². The topological polar surface area (TPSA) is 64.8 Å². The maximum absolute atomic E-state index is 8.61. The molecule has 1 heterocycles. The van der Waals surface area contributed by atoms with Crippen molar-refractivity contribution in [3.8, 4) is 6.07 Å². The van der Waals surface area contributed by atoms with Gasteiger partial charge in [0.1, 0.15) is 5.82 Å². The van der Waals surface area contributed by atoms with Gasteiger partial charge in [-0.25, -0.2) is 4.98 Å². The standard InChI is InChI=1S/C11H17N5/c1-4-16(7-5-6-12)10-9(2)8-14-11(13-3)15-10/h8H,4-5,7H2,1-3H3,(H,13,14,15). The predicted octanol–water partition coefficient (Wildman–Crippen LogP) is 1.57. The van der Waals surface area contributed by atoms with Crippen LogP contribution in [0, 0.1) is 18.3 Å². The fourth-order valence-electron chi connectivity index (χ4n) is 1.47. The number of aryl methyl sites for hydroxylation is 1. The van der Waals surface area contributed by atoms with Gasteiger partial charge in [0.2, 0.25) is 5.95 Å². The van der Waals surface area contributed by atoms with Gasteiger partial charge in [-0.1, -0.05) is 0 Å². The van der Waals surface area contributed by atoms with Crippen LogP contribution < -0.4 is 10.2 Å². The Hall–Kier alpha value is -1.83. The predicted molar refractivity (Wildman–Crippen MR) is 64.4 cm³/mol. The molecule has 0 aliphatic rings. The number of nitriles is 1. The molecular formula is C11H17N5. The number of nitrogens with zero attached hydrogens (tertiary/aromatic N) is 4. The smallest absolute Gasteiger partial charge is 0.224 e. The largest absolute Gasteiger partial charge is 0.357 e. The van der Waals surface area contributed by atoms with Crippen molar-refractivity contribution in [3.05, 3.63) is 11.8 Å². The lowest BCUT2D eigenvalue weighted by Crippen LogP contribution is -2.26. The van der Waals surface area contributed by atoms with Crippen LogP contribution in [0.2, 0.25) is 0 Å². The maximum atomic E-state index is 8.61. The highest BCUT2D eigenvalue weighted by Crippen LogP contribution is 2.17. The third kappa shape index (κ3) is 2.83. The van der Waals surface area contributed by atoms with Crippen molar-refractivity contribution in [1.82, 2.24) is 9.97 Å². The fourth-order valence-corrected chi connectivity index (χ4v) is 1.47. The van der Waals surface area contributed by atoms with Crippen molar-refractivity contribution in [1.29, 1.82) is 5.26 Å². The molecule has 16 heavy (non-hydrogen) atoms.